The number of hydrogen-bond donors (Lipinski definition) is 1. The Balaban J connectivity index is 1.64. The number of pyridine rings is 1. The minimum absolute atomic E-state index is 0.250. The number of aryl methyl sites for hydroxylation is 1. The monoisotopic (exact) mass is 339 g/mol. The highest BCUT2D eigenvalue weighted by Gasteiger charge is 2.23. The van der Waals surface area contributed by atoms with E-state index in [1.165, 1.54) is 0 Å². The van der Waals surface area contributed by atoms with Crippen molar-refractivity contribution in [2.24, 2.45) is 5.92 Å². The molecule has 6 heteroatoms. The molecular formula is C19H25N5O. The number of rotatable bonds is 5. The second-order valence-corrected chi connectivity index (χ2v) is 6.59. The molecule has 0 aromatic carbocycles. The van der Waals surface area contributed by atoms with Crippen molar-refractivity contribution in [2.75, 3.05) is 18.4 Å². The van der Waals surface area contributed by atoms with Gasteiger partial charge in [-0.2, -0.15) is 0 Å². The molecule has 0 bridgehead atoms. The largest absolute Gasteiger partial charge is 0.342 e. The Morgan fingerprint density at radius 3 is 3.00 bits per heavy atom. The van der Waals surface area contributed by atoms with E-state index in [2.05, 4.69) is 20.3 Å². The van der Waals surface area contributed by atoms with Crippen LogP contribution in [0.15, 0.2) is 30.6 Å². The van der Waals surface area contributed by atoms with E-state index in [4.69, 9.17) is 0 Å². The lowest BCUT2D eigenvalue weighted by atomic mass is 9.93. The van der Waals surface area contributed by atoms with Crippen LogP contribution < -0.4 is 5.32 Å². The van der Waals surface area contributed by atoms with E-state index in [-0.39, 0.29) is 5.91 Å². The van der Waals surface area contributed by atoms with Crippen LogP contribution in [0.3, 0.4) is 0 Å². The number of nitrogens with one attached hydrogen (secondary N) is 1. The van der Waals surface area contributed by atoms with Gasteiger partial charge < -0.3 is 10.2 Å². The van der Waals surface area contributed by atoms with E-state index >= 15 is 0 Å². The first-order valence-electron chi connectivity index (χ1n) is 8.93. The first-order valence-corrected chi connectivity index (χ1v) is 8.93. The Bertz CT molecular complexity index is 733. The van der Waals surface area contributed by atoms with Crippen LogP contribution in [0.1, 0.15) is 37.6 Å². The summed E-state index contributed by atoms with van der Waals surface area (Å²) in [6.45, 7) is 5.61. The third-order valence-corrected chi connectivity index (χ3v) is 4.54. The third-order valence-electron chi connectivity index (χ3n) is 4.54. The van der Waals surface area contributed by atoms with Crippen LogP contribution in [0, 0.1) is 12.8 Å². The number of piperidine rings is 1. The first kappa shape index (κ1) is 17.3. The number of carbonyl (C=O) groups excluding carboxylic acids is 1. The zero-order valence-electron chi connectivity index (χ0n) is 14.9. The molecule has 3 heterocycles. The number of nitrogens with zero attached hydrogens (tertiary/aromatic N) is 4. The summed E-state index contributed by atoms with van der Waals surface area (Å²) in [6, 6.07) is 7.83. The van der Waals surface area contributed by atoms with Gasteiger partial charge in [-0.25, -0.2) is 15.0 Å². The molecule has 2 aromatic rings. The van der Waals surface area contributed by atoms with E-state index < -0.39 is 0 Å². The molecule has 0 spiro atoms. The molecule has 6 nitrogen and oxygen atoms in total. The number of carbonyl (C=O) groups is 1. The second-order valence-electron chi connectivity index (χ2n) is 6.59. The van der Waals surface area contributed by atoms with Crippen molar-refractivity contribution in [1.29, 1.82) is 0 Å². The summed E-state index contributed by atoms with van der Waals surface area (Å²) in [5, 5.41) is 3.23. The quantitative estimate of drug-likeness (QED) is 0.906. The standard InChI is InChI=1S/C19H25N5O/c1-3-19(25)24-9-5-7-15(12-24)10-16-11-18(21-13-20-16)23-17-8-4-6-14(2)22-17/h4,6,8,11,13,15H,3,5,7,9-10,12H2,1-2H3,(H,20,21,22,23)/t15-/m0/s1. The molecule has 25 heavy (non-hydrogen) atoms. The van der Waals surface area contributed by atoms with Crippen molar-refractivity contribution in [3.05, 3.63) is 42.0 Å². The fourth-order valence-corrected chi connectivity index (χ4v) is 3.30. The zero-order valence-corrected chi connectivity index (χ0v) is 14.9. The van der Waals surface area contributed by atoms with Crippen LogP contribution in [-0.4, -0.2) is 38.8 Å². The van der Waals surface area contributed by atoms with Crippen molar-refractivity contribution in [3.8, 4) is 0 Å². The third kappa shape index (κ3) is 4.75. The summed E-state index contributed by atoms with van der Waals surface area (Å²) in [4.78, 5) is 27.1. The summed E-state index contributed by atoms with van der Waals surface area (Å²) < 4.78 is 0. The lowest BCUT2D eigenvalue weighted by Gasteiger charge is -2.32. The maximum Gasteiger partial charge on any atom is 0.222 e. The normalized spacial score (nSPS) is 17.4. The summed E-state index contributed by atoms with van der Waals surface area (Å²) in [7, 11) is 0. The molecule has 1 atom stereocenters. The molecule has 1 aliphatic heterocycles. The lowest BCUT2D eigenvalue weighted by molar-refractivity contribution is -0.132. The van der Waals surface area contributed by atoms with Crippen molar-refractivity contribution in [3.63, 3.8) is 0 Å². The Morgan fingerprint density at radius 1 is 1.32 bits per heavy atom. The van der Waals surface area contributed by atoms with Gasteiger partial charge in [0.25, 0.3) is 0 Å². The van der Waals surface area contributed by atoms with Gasteiger partial charge in [0.2, 0.25) is 5.91 Å². The fraction of sp³-hybridized carbons (Fsp3) is 0.474. The number of amides is 1. The minimum atomic E-state index is 0.250. The molecule has 1 N–H and O–H groups in total. The number of aromatic nitrogens is 3. The summed E-state index contributed by atoms with van der Waals surface area (Å²) in [5.41, 5.74) is 1.96. The zero-order chi connectivity index (χ0) is 17.6. The summed E-state index contributed by atoms with van der Waals surface area (Å²) >= 11 is 0. The maximum absolute atomic E-state index is 11.9. The average Bonchev–Trinajstić information content (AvgIpc) is 2.61. The highest BCUT2D eigenvalue weighted by atomic mass is 16.2. The SMILES string of the molecule is CCC(=O)N1CCC[C@@H](Cc2cc(Nc3cccc(C)n3)ncn2)C1. The topological polar surface area (TPSA) is 71.0 Å². The Hall–Kier alpha value is -2.50. The van der Waals surface area contributed by atoms with Crippen LogP contribution in [0.2, 0.25) is 0 Å². The molecule has 1 aliphatic rings. The maximum atomic E-state index is 11.9. The molecule has 132 valence electrons. The van der Waals surface area contributed by atoms with Crippen molar-refractivity contribution in [2.45, 2.75) is 39.5 Å². The molecule has 1 amide bonds. The Labute approximate surface area is 148 Å². The van der Waals surface area contributed by atoms with Gasteiger partial charge in [0, 0.05) is 37.0 Å². The summed E-state index contributed by atoms with van der Waals surface area (Å²) in [6.07, 6.45) is 5.24. The molecule has 3 rings (SSSR count). The van der Waals surface area contributed by atoms with Gasteiger partial charge in [0.15, 0.2) is 0 Å². The van der Waals surface area contributed by atoms with E-state index in [0.29, 0.717) is 12.3 Å². The van der Waals surface area contributed by atoms with Crippen LogP contribution in [-0.2, 0) is 11.2 Å². The highest BCUT2D eigenvalue weighted by Crippen LogP contribution is 2.22. The minimum Gasteiger partial charge on any atom is -0.342 e. The molecule has 1 saturated heterocycles. The summed E-state index contributed by atoms with van der Waals surface area (Å²) in [5.74, 6) is 2.24. The van der Waals surface area contributed by atoms with E-state index in [1.807, 2.05) is 43.0 Å². The number of likely N-dealkylation sites (tertiary alicyclic amines) is 1. The Morgan fingerprint density at radius 2 is 2.20 bits per heavy atom. The van der Waals surface area contributed by atoms with Gasteiger partial charge in [-0.05, 0) is 44.2 Å². The predicted octanol–water partition coefficient (Wildman–Crippen LogP) is 3.11. The molecular weight excluding hydrogens is 314 g/mol. The average molecular weight is 339 g/mol. The first-order chi connectivity index (χ1) is 12.1. The highest BCUT2D eigenvalue weighted by molar-refractivity contribution is 5.75. The van der Waals surface area contributed by atoms with Crippen LogP contribution in [0.25, 0.3) is 0 Å². The van der Waals surface area contributed by atoms with Gasteiger partial charge in [-0.1, -0.05) is 13.0 Å². The van der Waals surface area contributed by atoms with Gasteiger partial charge in [-0.15, -0.1) is 0 Å². The van der Waals surface area contributed by atoms with E-state index in [0.717, 1.165) is 55.4 Å². The van der Waals surface area contributed by atoms with Gasteiger partial charge in [0.05, 0.1) is 0 Å². The number of hydrogen-bond acceptors (Lipinski definition) is 5. The molecule has 0 aliphatic carbocycles. The van der Waals surface area contributed by atoms with Gasteiger partial charge >= 0.3 is 0 Å². The number of anilines is 2. The van der Waals surface area contributed by atoms with Gasteiger partial charge in [-0.3, -0.25) is 4.79 Å². The van der Waals surface area contributed by atoms with Crippen molar-refractivity contribution in [1.82, 2.24) is 19.9 Å². The lowest BCUT2D eigenvalue weighted by Crippen LogP contribution is -2.40. The van der Waals surface area contributed by atoms with E-state index in [9.17, 15) is 4.79 Å². The molecule has 0 saturated carbocycles. The smallest absolute Gasteiger partial charge is 0.222 e. The molecule has 1 fully saturated rings. The van der Waals surface area contributed by atoms with Crippen LogP contribution >= 0.6 is 0 Å². The van der Waals surface area contributed by atoms with E-state index in [1.54, 1.807) is 6.33 Å². The molecule has 0 radical (unpaired) electrons. The van der Waals surface area contributed by atoms with Crippen molar-refractivity contribution < 1.29 is 4.79 Å². The molecule has 0 unspecified atom stereocenters. The fourth-order valence-electron chi connectivity index (χ4n) is 3.30. The second kappa shape index (κ2) is 8.05. The van der Waals surface area contributed by atoms with Crippen molar-refractivity contribution >= 4 is 17.5 Å². The van der Waals surface area contributed by atoms with Crippen LogP contribution in [0.5, 0.6) is 0 Å². The van der Waals surface area contributed by atoms with Crippen LogP contribution in [0.4, 0.5) is 11.6 Å². The Kier molecular flexibility index (Phi) is 5.58. The predicted molar refractivity (Wildman–Crippen MR) is 97.6 cm³/mol. The van der Waals surface area contributed by atoms with Gasteiger partial charge in [0.1, 0.15) is 18.0 Å². The molecule has 2 aromatic heterocycles.